The SMILES string of the molecule is O=c1nc(-c2ccccc2)c2cc(Cl)ccc2n1C1CCCCC1. The van der Waals surface area contributed by atoms with Crippen LogP contribution in [0.5, 0.6) is 0 Å². The molecular weight excluding hydrogens is 320 g/mol. The van der Waals surface area contributed by atoms with Crippen molar-refractivity contribution in [2.24, 2.45) is 0 Å². The Bertz CT molecular complexity index is 928. The third kappa shape index (κ3) is 2.73. The molecule has 122 valence electrons. The minimum atomic E-state index is -0.157. The molecule has 0 unspecified atom stereocenters. The summed E-state index contributed by atoms with van der Waals surface area (Å²) in [6.45, 7) is 0. The fourth-order valence-electron chi connectivity index (χ4n) is 3.73. The van der Waals surface area contributed by atoms with E-state index in [2.05, 4.69) is 4.98 Å². The van der Waals surface area contributed by atoms with E-state index in [9.17, 15) is 4.79 Å². The van der Waals surface area contributed by atoms with E-state index < -0.39 is 0 Å². The Hall–Kier alpha value is -2.13. The van der Waals surface area contributed by atoms with Crippen LogP contribution in [0.1, 0.15) is 38.1 Å². The summed E-state index contributed by atoms with van der Waals surface area (Å²) in [6.07, 6.45) is 5.69. The van der Waals surface area contributed by atoms with Gasteiger partial charge in [-0.05, 0) is 31.0 Å². The van der Waals surface area contributed by atoms with Gasteiger partial charge in [-0.3, -0.25) is 4.57 Å². The van der Waals surface area contributed by atoms with Gasteiger partial charge in [-0.1, -0.05) is 61.2 Å². The molecule has 0 radical (unpaired) electrons. The van der Waals surface area contributed by atoms with Gasteiger partial charge in [0, 0.05) is 22.0 Å². The lowest BCUT2D eigenvalue weighted by Gasteiger charge is -2.25. The highest BCUT2D eigenvalue weighted by Crippen LogP contribution is 2.33. The molecular formula is C20H19ClN2O. The predicted octanol–water partition coefficient (Wildman–Crippen LogP) is 5.22. The maximum Gasteiger partial charge on any atom is 0.348 e. The Balaban J connectivity index is 2.00. The fraction of sp³-hybridized carbons (Fsp3) is 0.300. The Kier molecular flexibility index (Phi) is 4.11. The molecule has 0 bridgehead atoms. The van der Waals surface area contributed by atoms with Gasteiger partial charge in [-0.2, -0.15) is 4.98 Å². The standard InChI is InChI=1S/C20H19ClN2O/c21-15-11-12-18-17(13-15)19(14-7-3-1-4-8-14)22-20(24)23(18)16-9-5-2-6-10-16/h1,3-4,7-8,11-13,16H,2,5-6,9-10H2. The van der Waals surface area contributed by atoms with Crippen LogP contribution in [-0.2, 0) is 0 Å². The summed E-state index contributed by atoms with van der Waals surface area (Å²) in [4.78, 5) is 17.3. The summed E-state index contributed by atoms with van der Waals surface area (Å²) in [5.74, 6) is 0. The van der Waals surface area contributed by atoms with Gasteiger partial charge in [0.1, 0.15) is 0 Å². The first kappa shape index (κ1) is 15.4. The van der Waals surface area contributed by atoms with Crippen LogP contribution in [-0.4, -0.2) is 9.55 Å². The second kappa shape index (κ2) is 6.40. The van der Waals surface area contributed by atoms with E-state index in [0.29, 0.717) is 10.7 Å². The predicted molar refractivity (Wildman–Crippen MR) is 98.6 cm³/mol. The molecule has 3 aromatic rings. The summed E-state index contributed by atoms with van der Waals surface area (Å²) in [7, 11) is 0. The summed E-state index contributed by atoms with van der Waals surface area (Å²) < 4.78 is 1.89. The number of benzene rings is 2. The smallest absolute Gasteiger partial charge is 0.289 e. The first-order chi connectivity index (χ1) is 11.7. The molecule has 1 aliphatic carbocycles. The highest BCUT2D eigenvalue weighted by molar-refractivity contribution is 6.31. The molecule has 1 heterocycles. The Morgan fingerprint density at radius 2 is 1.75 bits per heavy atom. The van der Waals surface area contributed by atoms with E-state index >= 15 is 0 Å². The monoisotopic (exact) mass is 338 g/mol. The molecule has 0 aliphatic heterocycles. The zero-order valence-corrected chi connectivity index (χ0v) is 14.2. The van der Waals surface area contributed by atoms with Gasteiger partial charge in [0.15, 0.2) is 0 Å². The lowest BCUT2D eigenvalue weighted by Crippen LogP contribution is -2.29. The van der Waals surface area contributed by atoms with Gasteiger partial charge in [-0.15, -0.1) is 0 Å². The second-order valence-corrected chi connectivity index (χ2v) is 6.87. The molecule has 1 saturated carbocycles. The van der Waals surface area contributed by atoms with E-state index in [-0.39, 0.29) is 11.7 Å². The van der Waals surface area contributed by atoms with Crippen molar-refractivity contribution in [2.45, 2.75) is 38.1 Å². The highest BCUT2D eigenvalue weighted by atomic mass is 35.5. The Labute approximate surface area is 145 Å². The largest absolute Gasteiger partial charge is 0.348 e. The van der Waals surface area contributed by atoms with Gasteiger partial charge in [0.05, 0.1) is 11.2 Å². The minimum absolute atomic E-state index is 0.157. The summed E-state index contributed by atoms with van der Waals surface area (Å²) in [6, 6.07) is 15.8. The number of nitrogens with zero attached hydrogens (tertiary/aromatic N) is 2. The zero-order valence-electron chi connectivity index (χ0n) is 13.4. The van der Waals surface area contributed by atoms with Crippen LogP contribution in [0.15, 0.2) is 53.3 Å². The zero-order chi connectivity index (χ0) is 16.5. The molecule has 1 aromatic heterocycles. The van der Waals surface area contributed by atoms with Gasteiger partial charge >= 0.3 is 5.69 Å². The normalized spacial score (nSPS) is 15.7. The number of aromatic nitrogens is 2. The van der Waals surface area contributed by atoms with Gasteiger partial charge in [-0.25, -0.2) is 4.79 Å². The van der Waals surface area contributed by atoms with Crippen molar-refractivity contribution in [1.29, 1.82) is 0 Å². The molecule has 4 heteroatoms. The van der Waals surface area contributed by atoms with Crippen LogP contribution in [0.3, 0.4) is 0 Å². The van der Waals surface area contributed by atoms with Crippen molar-refractivity contribution >= 4 is 22.5 Å². The van der Waals surface area contributed by atoms with Crippen LogP contribution in [0, 0.1) is 0 Å². The van der Waals surface area contributed by atoms with Crippen LogP contribution in [0.4, 0.5) is 0 Å². The van der Waals surface area contributed by atoms with Crippen molar-refractivity contribution in [1.82, 2.24) is 9.55 Å². The summed E-state index contributed by atoms with van der Waals surface area (Å²) in [5.41, 5.74) is 2.43. The number of fused-ring (bicyclic) bond motifs is 1. The second-order valence-electron chi connectivity index (χ2n) is 6.43. The molecule has 2 aromatic carbocycles. The molecule has 0 spiro atoms. The number of rotatable bonds is 2. The first-order valence-corrected chi connectivity index (χ1v) is 8.89. The van der Waals surface area contributed by atoms with Crippen molar-refractivity contribution < 1.29 is 0 Å². The van der Waals surface area contributed by atoms with Gasteiger partial charge < -0.3 is 0 Å². The molecule has 3 nitrogen and oxygen atoms in total. The van der Waals surface area contributed by atoms with E-state index in [1.165, 1.54) is 19.3 Å². The lowest BCUT2D eigenvalue weighted by molar-refractivity contribution is 0.351. The van der Waals surface area contributed by atoms with Crippen LogP contribution in [0.25, 0.3) is 22.2 Å². The summed E-state index contributed by atoms with van der Waals surface area (Å²) >= 11 is 6.24. The van der Waals surface area contributed by atoms with Crippen molar-refractivity contribution in [3.63, 3.8) is 0 Å². The van der Waals surface area contributed by atoms with Crippen LogP contribution >= 0.6 is 11.6 Å². The minimum Gasteiger partial charge on any atom is -0.289 e. The molecule has 24 heavy (non-hydrogen) atoms. The van der Waals surface area contributed by atoms with E-state index in [1.54, 1.807) is 0 Å². The third-order valence-electron chi connectivity index (χ3n) is 4.87. The molecule has 0 amide bonds. The van der Waals surface area contributed by atoms with Crippen LogP contribution in [0.2, 0.25) is 5.02 Å². The Morgan fingerprint density at radius 3 is 2.50 bits per heavy atom. The van der Waals surface area contributed by atoms with E-state index in [1.807, 2.05) is 53.1 Å². The molecule has 0 saturated heterocycles. The maximum absolute atomic E-state index is 12.8. The quantitative estimate of drug-likeness (QED) is 0.642. The van der Waals surface area contributed by atoms with Crippen molar-refractivity contribution in [3.8, 4) is 11.3 Å². The van der Waals surface area contributed by atoms with Gasteiger partial charge in [0.25, 0.3) is 0 Å². The summed E-state index contributed by atoms with van der Waals surface area (Å²) in [5, 5.41) is 1.61. The third-order valence-corrected chi connectivity index (χ3v) is 5.11. The average Bonchev–Trinajstić information content (AvgIpc) is 2.63. The fourth-order valence-corrected chi connectivity index (χ4v) is 3.90. The van der Waals surface area contributed by atoms with Crippen molar-refractivity contribution in [3.05, 3.63) is 64.0 Å². The lowest BCUT2D eigenvalue weighted by atomic mass is 9.94. The first-order valence-electron chi connectivity index (χ1n) is 8.51. The van der Waals surface area contributed by atoms with Gasteiger partial charge in [0.2, 0.25) is 0 Å². The molecule has 1 aliphatic rings. The molecule has 0 N–H and O–H groups in total. The van der Waals surface area contributed by atoms with Crippen LogP contribution < -0.4 is 5.69 Å². The van der Waals surface area contributed by atoms with Crippen molar-refractivity contribution in [2.75, 3.05) is 0 Å². The van der Waals surface area contributed by atoms with E-state index in [4.69, 9.17) is 11.6 Å². The number of hydrogen-bond donors (Lipinski definition) is 0. The molecule has 0 atom stereocenters. The Morgan fingerprint density at radius 1 is 1.00 bits per heavy atom. The average molecular weight is 339 g/mol. The molecule has 4 rings (SSSR count). The topological polar surface area (TPSA) is 34.9 Å². The maximum atomic E-state index is 12.8. The molecule has 1 fully saturated rings. The number of hydrogen-bond acceptors (Lipinski definition) is 2. The van der Waals surface area contributed by atoms with E-state index in [0.717, 1.165) is 29.3 Å². The highest BCUT2D eigenvalue weighted by Gasteiger charge is 2.21. The number of halogens is 1.